The van der Waals surface area contributed by atoms with Crippen molar-refractivity contribution in [1.29, 1.82) is 0 Å². The minimum Gasteiger partial charge on any atom is -0.460 e. The summed E-state index contributed by atoms with van der Waals surface area (Å²) in [6, 6.07) is 0. The number of ether oxygens (including phenoxy) is 1. The van der Waals surface area contributed by atoms with Crippen LogP contribution in [-0.4, -0.2) is 11.6 Å². The Bertz CT molecular complexity index is 90.5. The summed E-state index contributed by atoms with van der Waals surface area (Å²) in [7, 11) is 0. The zero-order valence-corrected chi connectivity index (χ0v) is 9.82. The fourth-order valence-corrected chi connectivity index (χ4v) is 0.431. The van der Waals surface area contributed by atoms with E-state index in [2.05, 4.69) is 0 Å². The molecular formula is C10H24O2. The Morgan fingerprint density at radius 3 is 1.25 bits per heavy atom. The summed E-state index contributed by atoms with van der Waals surface area (Å²) in [6.45, 7) is 14.9. The Morgan fingerprint density at radius 2 is 1.25 bits per heavy atom. The van der Waals surface area contributed by atoms with Crippen LogP contribution in [0.25, 0.3) is 0 Å². The molecule has 0 aliphatic rings. The van der Waals surface area contributed by atoms with Crippen LogP contribution in [-0.2, 0) is 9.53 Å². The van der Waals surface area contributed by atoms with Crippen LogP contribution in [0.4, 0.5) is 0 Å². The Morgan fingerprint density at radius 1 is 1.00 bits per heavy atom. The van der Waals surface area contributed by atoms with Crippen LogP contribution in [0.2, 0.25) is 0 Å². The molecule has 0 amide bonds. The first-order chi connectivity index (χ1) is 5.42. The van der Waals surface area contributed by atoms with Crippen molar-refractivity contribution >= 4 is 5.97 Å². The van der Waals surface area contributed by atoms with Crippen LogP contribution in [0.15, 0.2) is 0 Å². The van der Waals surface area contributed by atoms with Crippen molar-refractivity contribution in [2.45, 2.75) is 61.0 Å². The number of carbonyl (C=O) groups is 1. The lowest BCUT2D eigenvalue weighted by Gasteiger charge is -2.17. The summed E-state index contributed by atoms with van der Waals surface area (Å²) in [5.41, 5.74) is -0.328. The lowest BCUT2D eigenvalue weighted by atomic mass is 10.2. The van der Waals surface area contributed by atoms with Crippen LogP contribution in [0.5, 0.6) is 0 Å². The molecule has 0 aromatic heterocycles. The van der Waals surface area contributed by atoms with E-state index in [1.165, 1.54) is 6.92 Å². The minimum absolute atomic E-state index is 0.225. The zero-order chi connectivity index (χ0) is 10.8. The highest BCUT2D eigenvalue weighted by atomic mass is 16.6. The van der Waals surface area contributed by atoms with Gasteiger partial charge in [-0.1, -0.05) is 27.7 Å². The van der Waals surface area contributed by atoms with E-state index in [1.807, 2.05) is 48.5 Å². The molecule has 2 nitrogen and oxygen atoms in total. The number of hydrogen-bond donors (Lipinski definition) is 0. The fraction of sp³-hybridized carbons (Fsp3) is 0.900. The lowest BCUT2D eigenvalue weighted by Crippen LogP contribution is -2.21. The van der Waals surface area contributed by atoms with Gasteiger partial charge in [-0.15, -0.1) is 0 Å². The Hall–Kier alpha value is -0.530. The van der Waals surface area contributed by atoms with Gasteiger partial charge < -0.3 is 4.74 Å². The van der Waals surface area contributed by atoms with E-state index in [9.17, 15) is 4.79 Å². The first-order valence-electron chi connectivity index (χ1n) is 4.61. The van der Waals surface area contributed by atoms with E-state index in [1.54, 1.807) is 0 Å². The quantitative estimate of drug-likeness (QED) is 0.529. The van der Waals surface area contributed by atoms with Crippen molar-refractivity contribution in [1.82, 2.24) is 0 Å². The van der Waals surface area contributed by atoms with Gasteiger partial charge in [0.05, 0.1) is 0 Å². The van der Waals surface area contributed by atoms with E-state index in [-0.39, 0.29) is 11.6 Å². The molecule has 0 saturated carbocycles. The molecule has 0 aromatic carbocycles. The van der Waals surface area contributed by atoms with Crippen molar-refractivity contribution in [3.05, 3.63) is 0 Å². The third-order valence-electron chi connectivity index (χ3n) is 0.450. The van der Waals surface area contributed by atoms with E-state index in [0.29, 0.717) is 0 Å². The number of esters is 1. The second kappa shape index (κ2) is 10.5. The highest BCUT2D eigenvalue weighted by molar-refractivity contribution is 5.66. The van der Waals surface area contributed by atoms with Crippen LogP contribution in [0.1, 0.15) is 55.4 Å². The molecule has 12 heavy (non-hydrogen) atoms. The van der Waals surface area contributed by atoms with Gasteiger partial charge in [0.2, 0.25) is 0 Å². The number of carbonyl (C=O) groups excluding carboxylic acids is 1. The normalized spacial score (nSPS) is 8.33. The van der Waals surface area contributed by atoms with E-state index in [4.69, 9.17) is 4.74 Å². The van der Waals surface area contributed by atoms with Crippen molar-refractivity contribution in [2.75, 3.05) is 0 Å². The van der Waals surface area contributed by atoms with Crippen molar-refractivity contribution in [3.8, 4) is 0 Å². The molecule has 0 atom stereocenters. The topological polar surface area (TPSA) is 26.3 Å². The third kappa shape index (κ3) is 34.0. The lowest BCUT2D eigenvalue weighted by molar-refractivity contribution is -0.151. The van der Waals surface area contributed by atoms with Gasteiger partial charge in [-0.25, -0.2) is 0 Å². The van der Waals surface area contributed by atoms with Gasteiger partial charge in [-0.05, 0) is 20.8 Å². The predicted octanol–water partition coefficient (Wildman–Crippen LogP) is 3.40. The molecule has 76 valence electrons. The van der Waals surface area contributed by atoms with Crippen molar-refractivity contribution in [2.24, 2.45) is 0 Å². The minimum atomic E-state index is -0.328. The molecular weight excluding hydrogens is 152 g/mol. The smallest absolute Gasteiger partial charge is 0.303 e. The molecule has 0 fully saturated rings. The van der Waals surface area contributed by atoms with Crippen LogP contribution in [0, 0.1) is 0 Å². The highest BCUT2D eigenvalue weighted by Gasteiger charge is 2.11. The average Bonchev–Trinajstić information content (AvgIpc) is 1.91. The molecule has 0 bridgehead atoms. The Balaban J connectivity index is -0.000000175. The first-order valence-corrected chi connectivity index (χ1v) is 4.61. The second-order valence-corrected chi connectivity index (χ2v) is 2.71. The third-order valence-corrected chi connectivity index (χ3v) is 0.450. The molecule has 2 heteroatoms. The van der Waals surface area contributed by atoms with Crippen molar-refractivity contribution in [3.63, 3.8) is 0 Å². The molecule has 0 heterocycles. The average molecular weight is 176 g/mol. The van der Waals surface area contributed by atoms with Gasteiger partial charge in [0, 0.05) is 6.92 Å². The summed E-state index contributed by atoms with van der Waals surface area (Å²) < 4.78 is 4.80. The predicted molar refractivity (Wildman–Crippen MR) is 54.2 cm³/mol. The van der Waals surface area contributed by atoms with Crippen LogP contribution < -0.4 is 0 Å². The van der Waals surface area contributed by atoms with Crippen molar-refractivity contribution < 1.29 is 9.53 Å². The zero-order valence-electron chi connectivity index (χ0n) is 9.82. The summed E-state index contributed by atoms with van der Waals surface area (Å²) in [4.78, 5) is 10.2. The number of rotatable bonds is 0. The molecule has 0 spiro atoms. The monoisotopic (exact) mass is 176 g/mol. The van der Waals surface area contributed by atoms with Crippen LogP contribution >= 0.6 is 0 Å². The molecule has 0 unspecified atom stereocenters. The SMILES string of the molecule is CC.CC.CC(=O)OC(C)(C)C. The largest absolute Gasteiger partial charge is 0.460 e. The molecule has 0 aromatic rings. The van der Waals surface area contributed by atoms with Gasteiger partial charge in [0.15, 0.2) is 0 Å². The maximum absolute atomic E-state index is 10.2. The highest BCUT2D eigenvalue weighted by Crippen LogP contribution is 2.05. The molecule has 0 rings (SSSR count). The van der Waals surface area contributed by atoms with Gasteiger partial charge in [-0.3, -0.25) is 4.79 Å². The summed E-state index contributed by atoms with van der Waals surface area (Å²) >= 11 is 0. The molecule has 0 aliphatic heterocycles. The Kier molecular flexibility index (Phi) is 15.3. The maximum Gasteiger partial charge on any atom is 0.303 e. The second-order valence-electron chi connectivity index (χ2n) is 2.71. The first kappa shape index (κ1) is 17.5. The van der Waals surface area contributed by atoms with E-state index < -0.39 is 0 Å². The molecule has 0 N–H and O–H groups in total. The van der Waals surface area contributed by atoms with Crippen LogP contribution in [0.3, 0.4) is 0 Å². The summed E-state index contributed by atoms with van der Waals surface area (Å²) in [5.74, 6) is -0.225. The van der Waals surface area contributed by atoms with E-state index >= 15 is 0 Å². The van der Waals surface area contributed by atoms with Gasteiger partial charge in [0.1, 0.15) is 5.60 Å². The summed E-state index contributed by atoms with van der Waals surface area (Å²) in [6.07, 6.45) is 0. The summed E-state index contributed by atoms with van der Waals surface area (Å²) in [5, 5.41) is 0. The molecule has 0 saturated heterocycles. The molecule has 0 radical (unpaired) electrons. The van der Waals surface area contributed by atoms with Gasteiger partial charge in [0.25, 0.3) is 0 Å². The van der Waals surface area contributed by atoms with Gasteiger partial charge >= 0.3 is 5.97 Å². The maximum atomic E-state index is 10.2. The standard InChI is InChI=1S/C6H12O2.2C2H6/c1-5(7)8-6(2,3)4;2*1-2/h1-4H3;2*1-2H3. The number of hydrogen-bond acceptors (Lipinski definition) is 2. The Labute approximate surface area is 77.3 Å². The van der Waals surface area contributed by atoms with E-state index in [0.717, 1.165) is 0 Å². The fourth-order valence-electron chi connectivity index (χ4n) is 0.431. The van der Waals surface area contributed by atoms with Gasteiger partial charge in [-0.2, -0.15) is 0 Å². The molecule has 0 aliphatic carbocycles.